The van der Waals surface area contributed by atoms with Crippen LogP contribution in [0.15, 0.2) is 21.2 Å². The van der Waals surface area contributed by atoms with E-state index in [0.29, 0.717) is 23.9 Å². The summed E-state index contributed by atoms with van der Waals surface area (Å²) in [5, 5.41) is 0. The van der Waals surface area contributed by atoms with Crippen LogP contribution in [0.3, 0.4) is 0 Å². The summed E-state index contributed by atoms with van der Waals surface area (Å²) in [5.74, 6) is 0.276. The van der Waals surface area contributed by atoms with Crippen molar-refractivity contribution in [3.05, 3.63) is 22.6 Å². The summed E-state index contributed by atoms with van der Waals surface area (Å²) < 4.78 is 25.1. The van der Waals surface area contributed by atoms with Gasteiger partial charge >= 0.3 is 0 Å². The molecule has 0 aliphatic heterocycles. The first kappa shape index (κ1) is 12.7. The monoisotopic (exact) mass is 279 g/mol. The fourth-order valence-electron chi connectivity index (χ4n) is 1.48. The quantitative estimate of drug-likeness (QED) is 0.871. The number of ether oxygens (including phenoxy) is 1. The molecule has 0 bridgehead atoms. The molecule has 15 heavy (non-hydrogen) atoms. The minimum atomic E-state index is -1.60. The van der Waals surface area contributed by atoms with Crippen molar-refractivity contribution in [2.24, 2.45) is 5.73 Å². The van der Waals surface area contributed by atoms with Gasteiger partial charge in [-0.05, 0) is 41.4 Å². The highest BCUT2D eigenvalue weighted by Crippen LogP contribution is 2.36. The van der Waals surface area contributed by atoms with E-state index in [0.717, 1.165) is 0 Å². The number of rotatable bonds is 6. The first-order chi connectivity index (χ1) is 7.14. The summed E-state index contributed by atoms with van der Waals surface area (Å²) in [6, 6.07) is 1.67. The summed E-state index contributed by atoms with van der Waals surface area (Å²) in [7, 11) is 1.47. The smallest absolute Gasteiger partial charge is 0.192 e. The van der Waals surface area contributed by atoms with Crippen LogP contribution in [0.1, 0.15) is 18.6 Å². The molecule has 1 atom stereocenters. The van der Waals surface area contributed by atoms with Crippen molar-refractivity contribution in [2.45, 2.75) is 18.5 Å². The van der Waals surface area contributed by atoms with Crippen LogP contribution >= 0.6 is 15.9 Å². The van der Waals surface area contributed by atoms with Crippen molar-refractivity contribution in [1.29, 1.82) is 0 Å². The van der Waals surface area contributed by atoms with Crippen molar-refractivity contribution in [3.8, 4) is 0 Å². The largest absolute Gasteiger partial charge is 0.465 e. The van der Waals surface area contributed by atoms with Gasteiger partial charge in [0, 0.05) is 7.11 Å². The molecule has 0 aromatic carbocycles. The predicted octanol–water partition coefficient (Wildman–Crippen LogP) is 2.59. The normalized spacial score (nSPS) is 15.2. The van der Waals surface area contributed by atoms with Crippen LogP contribution in [0.4, 0.5) is 4.39 Å². The summed E-state index contributed by atoms with van der Waals surface area (Å²) >= 11 is 3.24. The van der Waals surface area contributed by atoms with E-state index in [1.54, 1.807) is 6.07 Å². The van der Waals surface area contributed by atoms with Crippen molar-refractivity contribution in [3.63, 3.8) is 0 Å². The highest BCUT2D eigenvalue weighted by Gasteiger charge is 2.36. The maximum atomic E-state index is 14.5. The van der Waals surface area contributed by atoms with Gasteiger partial charge in [0.25, 0.3) is 0 Å². The molecular weight excluding hydrogens is 265 g/mol. The second kappa shape index (κ2) is 5.63. The summed E-state index contributed by atoms with van der Waals surface area (Å²) in [6.07, 6.45) is 2.34. The lowest BCUT2D eigenvalue weighted by Crippen LogP contribution is -2.27. The average molecular weight is 280 g/mol. The Morgan fingerprint density at radius 3 is 2.87 bits per heavy atom. The third kappa shape index (κ3) is 3.03. The molecular formula is C10H15BrFNO2. The number of hydrogen-bond donors (Lipinski definition) is 1. The standard InChI is InChI=1S/C10H15BrFNO2/c1-14-7-10(12,4-2-5-13)9-8(11)3-6-15-9/h3,6H,2,4-5,7,13H2,1H3. The molecule has 0 radical (unpaired) electrons. The molecule has 3 nitrogen and oxygen atoms in total. The molecule has 0 saturated heterocycles. The van der Waals surface area contributed by atoms with Crippen LogP contribution in [0.25, 0.3) is 0 Å². The van der Waals surface area contributed by atoms with Gasteiger partial charge in [-0.25, -0.2) is 4.39 Å². The van der Waals surface area contributed by atoms with E-state index >= 15 is 0 Å². The lowest BCUT2D eigenvalue weighted by molar-refractivity contribution is 0.0134. The zero-order valence-corrected chi connectivity index (χ0v) is 10.2. The molecule has 86 valence electrons. The van der Waals surface area contributed by atoms with Crippen molar-refractivity contribution in [2.75, 3.05) is 20.3 Å². The Bertz CT molecular complexity index is 305. The number of hydrogen-bond acceptors (Lipinski definition) is 3. The molecule has 1 unspecified atom stereocenters. The van der Waals surface area contributed by atoms with Crippen molar-refractivity contribution in [1.82, 2.24) is 0 Å². The van der Waals surface area contributed by atoms with Gasteiger partial charge in [0.2, 0.25) is 0 Å². The van der Waals surface area contributed by atoms with Gasteiger partial charge < -0.3 is 14.9 Å². The first-order valence-electron chi connectivity index (χ1n) is 4.75. The Hall–Kier alpha value is -0.390. The lowest BCUT2D eigenvalue weighted by Gasteiger charge is -2.22. The van der Waals surface area contributed by atoms with Crippen LogP contribution in [0, 0.1) is 0 Å². The van der Waals surface area contributed by atoms with Crippen LogP contribution in [-0.2, 0) is 10.4 Å². The molecule has 1 heterocycles. The van der Waals surface area contributed by atoms with Gasteiger partial charge in [0.05, 0.1) is 17.3 Å². The van der Waals surface area contributed by atoms with E-state index in [4.69, 9.17) is 14.9 Å². The van der Waals surface area contributed by atoms with E-state index in [-0.39, 0.29) is 12.4 Å². The zero-order valence-electron chi connectivity index (χ0n) is 8.63. The van der Waals surface area contributed by atoms with Crippen molar-refractivity contribution >= 4 is 15.9 Å². The minimum Gasteiger partial charge on any atom is -0.465 e. The molecule has 0 aliphatic carbocycles. The molecule has 0 aliphatic rings. The highest BCUT2D eigenvalue weighted by molar-refractivity contribution is 9.10. The minimum absolute atomic E-state index is 0.0287. The molecule has 0 saturated carbocycles. The third-order valence-corrected chi connectivity index (χ3v) is 2.80. The molecule has 1 aromatic rings. The van der Waals surface area contributed by atoms with Crippen LogP contribution in [0.2, 0.25) is 0 Å². The lowest BCUT2D eigenvalue weighted by atomic mass is 9.98. The van der Waals surface area contributed by atoms with E-state index in [1.165, 1.54) is 13.4 Å². The number of nitrogens with two attached hydrogens (primary N) is 1. The van der Waals surface area contributed by atoms with E-state index in [9.17, 15) is 4.39 Å². The summed E-state index contributed by atoms with van der Waals surface area (Å²) in [4.78, 5) is 0. The molecule has 2 N–H and O–H groups in total. The fourth-order valence-corrected chi connectivity index (χ4v) is 2.03. The maximum Gasteiger partial charge on any atom is 0.192 e. The van der Waals surface area contributed by atoms with Gasteiger partial charge in [-0.1, -0.05) is 0 Å². The van der Waals surface area contributed by atoms with E-state index in [1.807, 2.05) is 0 Å². The molecule has 0 fully saturated rings. The average Bonchev–Trinajstić information content (AvgIpc) is 2.62. The molecule has 1 aromatic heterocycles. The van der Waals surface area contributed by atoms with Gasteiger partial charge in [-0.15, -0.1) is 0 Å². The van der Waals surface area contributed by atoms with Crippen LogP contribution in [0.5, 0.6) is 0 Å². The number of halogens is 2. The van der Waals surface area contributed by atoms with Crippen molar-refractivity contribution < 1.29 is 13.5 Å². The molecule has 0 amide bonds. The Kier molecular flexibility index (Phi) is 4.76. The number of furan rings is 1. The van der Waals surface area contributed by atoms with E-state index < -0.39 is 5.67 Å². The van der Waals surface area contributed by atoms with Gasteiger partial charge in [0.1, 0.15) is 0 Å². The highest BCUT2D eigenvalue weighted by atomic mass is 79.9. The van der Waals surface area contributed by atoms with Gasteiger partial charge in [-0.2, -0.15) is 0 Å². The number of methoxy groups -OCH3 is 1. The molecule has 0 spiro atoms. The molecule has 1 rings (SSSR count). The summed E-state index contributed by atoms with van der Waals surface area (Å²) in [6.45, 7) is 0.423. The third-order valence-electron chi connectivity index (χ3n) is 2.17. The number of alkyl halides is 1. The topological polar surface area (TPSA) is 48.4 Å². The van der Waals surface area contributed by atoms with Gasteiger partial charge in [-0.3, -0.25) is 0 Å². The SMILES string of the molecule is COCC(F)(CCCN)c1occc1Br. The Labute approximate surface area is 96.9 Å². The first-order valence-corrected chi connectivity index (χ1v) is 5.55. The summed E-state index contributed by atoms with van der Waals surface area (Å²) in [5.41, 5.74) is 3.77. The Morgan fingerprint density at radius 2 is 2.40 bits per heavy atom. The van der Waals surface area contributed by atoms with Gasteiger partial charge in [0.15, 0.2) is 11.4 Å². The molecule has 5 heteroatoms. The maximum absolute atomic E-state index is 14.5. The zero-order chi connectivity index (χ0) is 11.3. The van der Waals surface area contributed by atoms with Crippen LogP contribution < -0.4 is 5.73 Å². The predicted molar refractivity (Wildman–Crippen MR) is 59.4 cm³/mol. The Morgan fingerprint density at radius 1 is 1.67 bits per heavy atom. The second-order valence-electron chi connectivity index (χ2n) is 3.39. The Balaban J connectivity index is 2.85. The second-order valence-corrected chi connectivity index (χ2v) is 4.24. The van der Waals surface area contributed by atoms with E-state index in [2.05, 4.69) is 15.9 Å². The fraction of sp³-hybridized carbons (Fsp3) is 0.600. The van der Waals surface area contributed by atoms with Crippen LogP contribution in [-0.4, -0.2) is 20.3 Å².